The van der Waals surface area contributed by atoms with Crippen molar-refractivity contribution in [2.45, 2.75) is 76.0 Å². The number of ether oxygens (including phenoxy) is 1. The summed E-state index contributed by atoms with van der Waals surface area (Å²) in [5.41, 5.74) is 1.16. The van der Waals surface area contributed by atoms with Crippen LogP contribution in [0.25, 0.3) is 0 Å². The van der Waals surface area contributed by atoms with E-state index in [0.29, 0.717) is 10.8 Å². The average molecular weight is 319 g/mol. The Morgan fingerprint density at radius 1 is 0.909 bits per heavy atom. The van der Waals surface area contributed by atoms with Crippen molar-refractivity contribution in [3.8, 4) is 5.75 Å². The molecule has 0 aliphatic heterocycles. The number of hydrogen-bond acceptors (Lipinski definition) is 2. The summed E-state index contributed by atoms with van der Waals surface area (Å²) in [6.45, 7) is 3.21. The van der Waals surface area contributed by atoms with Crippen molar-refractivity contribution in [1.82, 2.24) is 0 Å². The van der Waals surface area contributed by atoms with E-state index < -0.39 is 0 Å². The van der Waals surface area contributed by atoms with Crippen LogP contribution in [0, 0.1) is 10.8 Å². The summed E-state index contributed by atoms with van der Waals surface area (Å²) >= 11 is 4.33. The molecular formula is C20H30OS. The zero-order chi connectivity index (χ0) is 15.5. The first-order valence-electron chi connectivity index (χ1n) is 9.07. The lowest BCUT2D eigenvalue weighted by Crippen LogP contribution is -2.44. The molecule has 0 spiro atoms. The van der Waals surface area contributed by atoms with Crippen LogP contribution >= 0.6 is 12.6 Å². The number of rotatable bonds is 7. The van der Waals surface area contributed by atoms with Gasteiger partial charge in [-0.1, -0.05) is 26.2 Å². The second kappa shape index (κ2) is 6.86. The van der Waals surface area contributed by atoms with Crippen LogP contribution in [-0.2, 0) is 0 Å². The van der Waals surface area contributed by atoms with Gasteiger partial charge in [-0.2, -0.15) is 0 Å². The Labute approximate surface area is 141 Å². The Balaban J connectivity index is 1.51. The minimum absolute atomic E-state index is 0.464. The molecule has 4 rings (SSSR count). The summed E-state index contributed by atoms with van der Waals surface area (Å²) < 4.78 is 6.12. The van der Waals surface area contributed by atoms with Gasteiger partial charge in [0.1, 0.15) is 5.75 Å². The first-order chi connectivity index (χ1) is 10.7. The number of hydrogen-bond donors (Lipinski definition) is 1. The summed E-state index contributed by atoms with van der Waals surface area (Å²) in [5.74, 6) is 0.998. The Morgan fingerprint density at radius 2 is 1.50 bits per heavy atom. The Bertz CT molecular complexity index is 454. The van der Waals surface area contributed by atoms with Crippen LogP contribution in [0.15, 0.2) is 29.2 Å². The lowest BCUT2D eigenvalue weighted by Gasteiger charge is -2.53. The van der Waals surface area contributed by atoms with Crippen LogP contribution in [0.4, 0.5) is 0 Å². The fourth-order valence-electron chi connectivity index (χ4n) is 4.46. The van der Waals surface area contributed by atoms with Gasteiger partial charge in [0.05, 0.1) is 6.61 Å². The Kier molecular flexibility index (Phi) is 5.07. The summed E-state index contributed by atoms with van der Waals surface area (Å²) in [5, 5.41) is 0. The third kappa shape index (κ3) is 3.64. The number of fused-ring (bicyclic) bond motifs is 3. The van der Waals surface area contributed by atoms with E-state index >= 15 is 0 Å². The maximum atomic E-state index is 6.12. The molecule has 22 heavy (non-hydrogen) atoms. The Morgan fingerprint density at radius 3 is 2.09 bits per heavy atom. The van der Waals surface area contributed by atoms with E-state index in [0.717, 1.165) is 17.3 Å². The predicted molar refractivity (Wildman–Crippen MR) is 95.9 cm³/mol. The van der Waals surface area contributed by atoms with Crippen molar-refractivity contribution >= 4 is 12.6 Å². The molecule has 0 aromatic heterocycles. The molecule has 3 saturated carbocycles. The summed E-state index contributed by atoms with van der Waals surface area (Å²) in [7, 11) is 0. The largest absolute Gasteiger partial charge is 0.493 e. The smallest absolute Gasteiger partial charge is 0.119 e. The van der Waals surface area contributed by atoms with E-state index in [-0.39, 0.29) is 0 Å². The molecule has 3 aliphatic rings. The standard InChI is InChI=1S/C20H30OS/c1-2-3-4-9-19-10-13-20(14-11-19,15-12-19)16-21-17-5-7-18(22)8-6-17/h5-8,22H,2-4,9-16H2,1H3. The molecule has 0 heterocycles. The van der Waals surface area contributed by atoms with Gasteiger partial charge in [-0.05, 0) is 74.6 Å². The molecule has 2 heteroatoms. The lowest BCUT2D eigenvalue weighted by atomic mass is 9.53. The van der Waals surface area contributed by atoms with Gasteiger partial charge in [0.2, 0.25) is 0 Å². The number of benzene rings is 1. The van der Waals surface area contributed by atoms with Gasteiger partial charge >= 0.3 is 0 Å². The van der Waals surface area contributed by atoms with Crippen molar-refractivity contribution in [3.63, 3.8) is 0 Å². The highest BCUT2D eigenvalue weighted by Gasteiger charge is 2.48. The fraction of sp³-hybridized carbons (Fsp3) is 0.700. The van der Waals surface area contributed by atoms with Gasteiger partial charge in [0.25, 0.3) is 0 Å². The first kappa shape index (κ1) is 16.2. The third-order valence-corrected chi connectivity index (χ3v) is 6.55. The van der Waals surface area contributed by atoms with Gasteiger partial charge in [-0.15, -0.1) is 12.6 Å². The highest BCUT2D eigenvalue weighted by atomic mass is 32.1. The van der Waals surface area contributed by atoms with E-state index in [2.05, 4.69) is 19.6 Å². The second-order valence-corrected chi connectivity index (χ2v) is 8.26. The molecule has 0 radical (unpaired) electrons. The van der Waals surface area contributed by atoms with Crippen LogP contribution in [0.3, 0.4) is 0 Å². The van der Waals surface area contributed by atoms with Crippen molar-refractivity contribution in [3.05, 3.63) is 24.3 Å². The van der Waals surface area contributed by atoms with E-state index in [1.165, 1.54) is 64.2 Å². The molecule has 0 N–H and O–H groups in total. The zero-order valence-electron chi connectivity index (χ0n) is 13.9. The van der Waals surface area contributed by atoms with Crippen LogP contribution < -0.4 is 4.74 Å². The molecule has 0 unspecified atom stereocenters. The van der Waals surface area contributed by atoms with Gasteiger partial charge < -0.3 is 4.74 Å². The van der Waals surface area contributed by atoms with Crippen molar-refractivity contribution in [2.75, 3.05) is 6.61 Å². The fourth-order valence-corrected chi connectivity index (χ4v) is 4.61. The maximum absolute atomic E-state index is 6.12. The molecule has 0 saturated heterocycles. The van der Waals surface area contributed by atoms with Gasteiger partial charge in [0.15, 0.2) is 0 Å². The minimum atomic E-state index is 0.464. The van der Waals surface area contributed by atoms with E-state index in [1.807, 2.05) is 24.3 Å². The number of unbranched alkanes of at least 4 members (excludes halogenated alkanes) is 2. The molecule has 1 aromatic carbocycles. The molecule has 122 valence electrons. The van der Waals surface area contributed by atoms with Crippen molar-refractivity contribution < 1.29 is 4.74 Å². The van der Waals surface area contributed by atoms with Crippen LogP contribution in [-0.4, -0.2) is 6.61 Å². The van der Waals surface area contributed by atoms with Crippen LogP contribution in [0.1, 0.15) is 71.1 Å². The Hall–Kier alpha value is -0.630. The van der Waals surface area contributed by atoms with Crippen LogP contribution in [0.2, 0.25) is 0 Å². The molecule has 0 amide bonds. The molecule has 3 fully saturated rings. The van der Waals surface area contributed by atoms with E-state index in [1.54, 1.807) is 0 Å². The normalized spacial score (nSPS) is 30.5. The summed E-state index contributed by atoms with van der Waals surface area (Å²) in [4.78, 5) is 0.998. The van der Waals surface area contributed by atoms with Crippen molar-refractivity contribution in [1.29, 1.82) is 0 Å². The molecule has 1 nitrogen and oxygen atoms in total. The second-order valence-electron chi connectivity index (χ2n) is 7.74. The highest BCUT2D eigenvalue weighted by molar-refractivity contribution is 7.80. The first-order valence-corrected chi connectivity index (χ1v) is 9.52. The van der Waals surface area contributed by atoms with Crippen LogP contribution in [0.5, 0.6) is 5.75 Å². The third-order valence-electron chi connectivity index (χ3n) is 6.25. The van der Waals surface area contributed by atoms with Crippen molar-refractivity contribution in [2.24, 2.45) is 10.8 Å². The van der Waals surface area contributed by atoms with Gasteiger partial charge in [-0.25, -0.2) is 0 Å². The molecule has 2 bridgehead atoms. The quantitative estimate of drug-likeness (QED) is 0.460. The monoisotopic (exact) mass is 318 g/mol. The van der Waals surface area contributed by atoms with Gasteiger partial charge in [0, 0.05) is 10.3 Å². The molecular weight excluding hydrogens is 288 g/mol. The van der Waals surface area contributed by atoms with E-state index in [4.69, 9.17) is 4.74 Å². The molecule has 1 aromatic rings. The average Bonchev–Trinajstić information content (AvgIpc) is 2.57. The minimum Gasteiger partial charge on any atom is -0.493 e. The van der Waals surface area contributed by atoms with E-state index in [9.17, 15) is 0 Å². The van der Waals surface area contributed by atoms with Gasteiger partial charge in [-0.3, -0.25) is 0 Å². The zero-order valence-corrected chi connectivity index (χ0v) is 14.8. The lowest BCUT2D eigenvalue weighted by molar-refractivity contribution is -0.0409. The number of thiol groups is 1. The summed E-state index contributed by atoms with van der Waals surface area (Å²) in [6, 6.07) is 8.10. The SMILES string of the molecule is CCCCCC12CCC(COc3ccc(S)cc3)(CC1)CC2. The predicted octanol–water partition coefficient (Wildman–Crippen LogP) is 6.28. The maximum Gasteiger partial charge on any atom is 0.119 e. The molecule has 3 aliphatic carbocycles. The highest BCUT2D eigenvalue weighted by Crippen LogP contribution is 2.58. The topological polar surface area (TPSA) is 9.23 Å². The summed E-state index contributed by atoms with van der Waals surface area (Å²) in [6.07, 6.45) is 14.1. The molecule has 0 atom stereocenters.